The van der Waals surface area contributed by atoms with Crippen LogP contribution in [0.1, 0.15) is 40.7 Å². The van der Waals surface area contributed by atoms with E-state index in [0.717, 1.165) is 34.8 Å². The average molecular weight is 257 g/mol. The number of hydrogen-bond acceptors (Lipinski definition) is 3. The predicted octanol–water partition coefficient (Wildman–Crippen LogP) is 3.89. The van der Waals surface area contributed by atoms with Crippen LogP contribution >= 0.6 is 11.3 Å². The molecule has 18 heavy (non-hydrogen) atoms. The normalized spacial score (nSPS) is 14.6. The summed E-state index contributed by atoms with van der Waals surface area (Å²) in [5, 5.41) is 1.01. The molecule has 1 heterocycles. The van der Waals surface area contributed by atoms with Crippen LogP contribution in [0.2, 0.25) is 0 Å². The fourth-order valence-electron chi connectivity index (χ4n) is 2.42. The second-order valence-electron chi connectivity index (χ2n) is 4.58. The van der Waals surface area contributed by atoms with Gasteiger partial charge in [-0.05, 0) is 24.8 Å². The molecule has 1 aromatic carbocycles. The van der Waals surface area contributed by atoms with Crippen LogP contribution in [0.5, 0.6) is 0 Å². The number of aryl methyl sites for hydroxylation is 2. The highest BCUT2D eigenvalue weighted by Gasteiger charge is 2.22. The van der Waals surface area contributed by atoms with E-state index in [1.165, 1.54) is 11.1 Å². The van der Waals surface area contributed by atoms with Crippen LogP contribution in [-0.4, -0.2) is 10.8 Å². The molecule has 1 aromatic heterocycles. The number of aromatic nitrogens is 1. The summed E-state index contributed by atoms with van der Waals surface area (Å²) in [5.41, 5.74) is 3.50. The zero-order valence-electron chi connectivity index (χ0n) is 10.4. The number of carbonyl (C=O) groups excluding carboxylic acids is 1. The summed E-state index contributed by atoms with van der Waals surface area (Å²) in [7, 11) is 0. The van der Waals surface area contributed by atoms with Gasteiger partial charge in [-0.2, -0.15) is 0 Å². The first-order valence-electron chi connectivity index (χ1n) is 6.40. The Morgan fingerprint density at radius 2 is 2.11 bits per heavy atom. The number of thiazole rings is 1. The first-order valence-corrected chi connectivity index (χ1v) is 7.22. The lowest BCUT2D eigenvalue weighted by Gasteiger charge is -2.06. The Kier molecular flexibility index (Phi) is 3.00. The fourth-order valence-corrected chi connectivity index (χ4v) is 3.56. The van der Waals surface area contributed by atoms with Crippen LogP contribution in [0.25, 0.3) is 10.6 Å². The summed E-state index contributed by atoms with van der Waals surface area (Å²) in [4.78, 5) is 17.4. The third-order valence-corrected chi connectivity index (χ3v) is 4.57. The van der Waals surface area contributed by atoms with E-state index in [1.54, 1.807) is 11.3 Å². The Bertz CT molecular complexity index is 600. The number of ketones is 1. The number of benzene rings is 1. The monoisotopic (exact) mass is 257 g/mol. The van der Waals surface area contributed by atoms with Crippen molar-refractivity contribution in [3.05, 3.63) is 40.4 Å². The Labute approximate surface area is 111 Å². The molecule has 3 heteroatoms. The molecule has 0 N–H and O–H groups in total. The van der Waals surface area contributed by atoms with Crippen molar-refractivity contribution < 1.29 is 4.79 Å². The molecule has 0 saturated heterocycles. The van der Waals surface area contributed by atoms with Gasteiger partial charge in [0.15, 0.2) is 5.78 Å². The Hall–Kier alpha value is -1.48. The lowest BCUT2D eigenvalue weighted by atomic mass is 10.0. The molecule has 0 aliphatic heterocycles. The van der Waals surface area contributed by atoms with E-state index in [-0.39, 0.29) is 5.78 Å². The number of carbonyl (C=O) groups is 1. The Morgan fingerprint density at radius 3 is 2.89 bits per heavy atom. The number of Topliss-reactive ketones (excluding diaryl/α,β-unsaturated/α-hetero) is 1. The van der Waals surface area contributed by atoms with Gasteiger partial charge in [0.1, 0.15) is 5.01 Å². The minimum absolute atomic E-state index is 0.272. The third-order valence-electron chi connectivity index (χ3n) is 3.40. The van der Waals surface area contributed by atoms with Gasteiger partial charge in [-0.1, -0.05) is 31.2 Å². The summed E-state index contributed by atoms with van der Waals surface area (Å²) in [6.45, 7) is 2.15. The van der Waals surface area contributed by atoms with Crippen LogP contribution in [0.4, 0.5) is 0 Å². The second-order valence-corrected chi connectivity index (χ2v) is 5.58. The van der Waals surface area contributed by atoms with E-state index in [2.05, 4.69) is 30.1 Å². The van der Waals surface area contributed by atoms with Crippen LogP contribution in [0.15, 0.2) is 24.3 Å². The fraction of sp³-hybridized carbons (Fsp3) is 0.333. The maximum Gasteiger partial charge on any atom is 0.174 e. The van der Waals surface area contributed by atoms with Gasteiger partial charge in [-0.25, -0.2) is 4.98 Å². The summed E-state index contributed by atoms with van der Waals surface area (Å²) >= 11 is 1.57. The molecule has 0 radical (unpaired) electrons. The van der Waals surface area contributed by atoms with Crippen molar-refractivity contribution in [1.29, 1.82) is 0 Å². The summed E-state index contributed by atoms with van der Waals surface area (Å²) in [6, 6.07) is 8.34. The molecular weight excluding hydrogens is 242 g/mol. The molecule has 0 atom stereocenters. The molecule has 0 spiro atoms. The molecule has 0 amide bonds. The van der Waals surface area contributed by atoms with Crippen molar-refractivity contribution in [2.75, 3.05) is 0 Å². The van der Waals surface area contributed by atoms with Gasteiger partial charge in [-0.15, -0.1) is 11.3 Å². The number of hydrogen-bond donors (Lipinski definition) is 0. The lowest BCUT2D eigenvalue weighted by molar-refractivity contribution is 0.0976. The summed E-state index contributed by atoms with van der Waals surface area (Å²) in [5.74, 6) is 0.272. The lowest BCUT2D eigenvalue weighted by Crippen LogP contribution is -2.07. The van der Waals surface area contributed by atoms with Gasteiger partial charge in [-0.3, -0.25) is 4.79 Å². The Morgan fingerprint density at radius 1 is 1.28 bits per heavy atom. The van der Waals surface area contributed by atoms with Crippen molar-refractivity contribution in [2.45, 2.75) is 32.6 Å². The highest BCUT2D eigenvalue weighted by atomic mass is 32.1. The number of nitrogens with zero attached hydrogens (tertiary/aromatic N) is 1. The van der Waals surface area contributed by atoms with Gasteiger partial charge < -0.3 is 0 Å². The highest BCUT2D eigenvalue weighted by Crippen LogP contribution is 2.34. The minimum Gasteiger partial charge on any atom is -0.293 e. The second kappa shape index (κ2) is 4.65. The molecule has 0 unspecified atom stereocenters. The minimum atomic E-state index is 0.272. The topological polar surface area (TPSA) is 30.0 Å². The van der Waals surface area contributed by atoms with Gasteiger partial charge in [0.25, 0.3) is 0 Å². The number of rotatable bonds is 2. The molecule has 3 rings (SSSR count). The van der Waals surface area contributed by atoms with Crippen molar-refractivity contribution in [2.24, 2.45) is 0 Å². The van der Waals surface area contributed by atoms with E-state index in [0.29, 0.717) is 6.42 Å². The van der Waals surface area contributed by atoms with Gasteiger partial charge in [0.05, 0.1) is 10.6 Å². The maximum absolute atomic E-state index is 11.9. The summed E-state index contributed by atoms with van der Waals surface area (Å²) in [6.07, 6.45) is 3.58. The van der Waals surface area contributed by atoms with Crippen LogP contribution < -0.4 is 0 Å². The molecular formula is C15H15NOS. The highest BCUT2D eigenvalue weighted by molar-refractivity contribution is 7.17. The molecule has 0 fully saturated rings. The van der Waals surface area contributed by atoms with Crippen LogP contribution in [-0.2, 0) is 12.8 Å². The molecule has 2 aromatic rings. The molecule has 0 saturated carbocycles. The van der Waals surface area contributed by atoms with Crippen molar-refractivity contribution in [3.63, 3.8) is 0 Å². The largest absolute Gasteiger partial charge is 0.293 e. The molecule has 92 valence electrons. The van der Waals surface area contributed by atoms with Gasteiger partial charge >= 0.3 is 0 Å². The average Bonchev–Trinajstić information content (AvgIpc) is 2.84. The van der Waals surface area contributed by atoms with E-state index >= 15 is 0 Å². The van der Waals surface area contributed by atoms with Crippen LogP contribution in [0, 0.1) is 0 Å². The SMILES string of the molecule is CCc1ccccc1-c1nc2c(s1)C(=O)CCC2. The van der Waals surface area contributed by atoms with Gasteiger partial charge in [0, 0.05) is 12.0 Å². The zero-order valence-corrected chi connectivity index (χ0v) is 11.2. The van der Waals surface area contributed by atoms with Crippen molar-refractivity contribution >= 4 is 17.1 Å². The van der Waals surface area contributed by atoms with E-state index in [4.69, 9.17) is 0 Å². The first kappa shape index (κ1) is 11.6. The maximum atomic E-state index is 11.9. The van der Waals surface area contributed by atoms with Crippen molar-refractivity contribution in [3.8, 4) is 10.6 Å². The van der Waals surface area contributed by atoms with E-state index in [1.807, 2.05) is 6.07 Å². The van der Waals surface area contributed by atoms with Crippen molar-refractivity contribution in [1.82, 2.24) is 4.98 Å². The van der Waals surface area contributed by atoms with Crippen LogP contribution in [0.3, 0.4) is 0 Å². The molecule has 0 bridgehead atoms. The third kappa shape index (κ3) is 1.89. The molecule has 1 aliphatic carbocycles. The standard InChI is InChI=1S/C15H15NOS/c1-2-10-6-3-4-7-11(10)15-16-12-8-5-9-13(17)14(12)18-15/h3-4,6-7H,2,5,8-9H2,1H3. The van der Waals surface area contributed by atoms with Gasteiger partial charge in [0.2, 0.25) is 0 Å². The van der Waals surface area contributed by atoms with E-state index < -0.39 is 0 Å². The zero-order chi connectivity index (χ0) is 12.5. The molecule has 1 aliphatic rings. The first-order chi connectivity index (χ1) is 8.79. The smallest absolute Gasteiger partial charge is 0.174 e. The quantitative estimate of drug-likeness (QED) is 0.817. The number of fused-ring (bicyclic) bond motifs is 1. The Balaban J connectivity index is 2.10. The predicted molar refractivity (Wildman–Crippen MR) is 74.2 cm³/mol. The molecule has 2 nitrogen and oxygen atoms in total. The summed E-state index contributed by atoms with van der Waals surface area (Å²) < 4.78 is 0. The van der Waals surface area contributed by atoms with E-state index in [9.17, 15) is 4.79 Å².